The van der Waals surface area contributed by atoms with Crippen molar-refractivity contribution in [2.24, 2.45) is 0 Å². The maximum atomic E-state index is 14.1. The summed E-state index contributed by atoms with van der Waals surface area (Å²) in [5.74, 6) is -0.734. The van der Waals surface area contributed by atoms with Gasteiger partial charge < -0.3 is 20.1 Å². The van der Waals surface area contributed by atoms with Gasteiger partial charge in [0.15, 0.2) is 0 Å². The van der Waals surface area contributed by atoms with Gasteiger partial charge in [-0.1, -0.05) is 11.6 Å². The quantitative estimate of drug-likeness (QED) is 0.784. The van der Waals surface area contributed by atoms with Crippen LogP contribution in [0, 0.1) is 11.6 Å². The first-order chi connectivity index (χ1) is 13.8. The van der Waals surface area contributed by atoms with Crippen molar-refractivity contribution < 1.29 is 23.4 Å². The zero-order chi connectivity index (χ0) is 20.6. The number of benzene rings is 2. The number of hydrogen-bond donors (Lipinski definition) is 2. The molecule has 2 aliphatic heterocycles. The molecule has 29 heavy (non-hydrogen) atoms. The summed E-state index contributed by atoms with van der Waals surface area (Å²) >= 11 is 5.81. The molecule has 0 radical (unpaired) electrons. The van der Waals surface area contributed by atoms with E-state index < -0.39 is 17.2 Å². The van der Waals surface area contributed by atoms with E-state index in [4.69, 9.17) is 16.3 Å². The number of hydrogen-bond acceptors (Lipinski definition) is 4. The van der Waals surface area contributed by atoms with Crippen LogP contribution < -0.4 is 15.0 Å². The molecule has 0 saturated carbocycles. The summed E-state index contributed by atoms with van der Waals surface area (Å²) in [5, 5.41) is 13.9. The highest BCUT2D eigenvalue weighted by molar-refractivity contribution is 6.30. The highest BCUT2D eigenvalue weighted by Crippen LogP contribution is 2.34. The Morgan fingerprint density at radius 3 is 2.66 bits per heavy atom. The Morgan fingerprint density at radius 1 is 1.17 bits per heavy atom. The molecule has 0 bridgehead atoms. The molecule has 5 nitrogen and oxygen atoms in total. The Hall–Kier alpha value is -2.38. The lowest BCUT2D eigenvalue weighted by atomic mass is 9.92. The smallest absolute Gasteiger partial charge is 0.224 e. The number of rotatable bonds is 4. The van der Waals surface area contributed by atoms with Gasteiger partial charge in [-0.3, -0.25) is 4.79 Å². The van der Waals surface area contributed by atoms with E-state index in [1.165, 1.54) is 18.2 Å². The van der Waals surface area contributed by atoms with Gasteiger partial charge in [0.1, 0.15) is 29.6 Å². The lowest BCUT2D eigenvalue weighted by Gasteiger charge is -2.39. The Morgan fingerprint density at radius 2 is 1.93 bits per heavy atom. The first-order valence-electron chi connectivity index (χ1n) is 9.50. The maximum Gasteiger partial charge on any atom is 0.224 e. The summed E-state index contributed by atoms with van der Waals surface area (Å²) in [4.78, 5) is 13.4. The Bertz CT molecular complexity index is 946. The molecule has 1 amide bonds. The lowest BCUT2D eigenvalue weighted by molar-refractivity contribution is -0.116. The summed E-state index contributed by atoms with van der Waals surface area (Å²) in [6.07, 6.45) is 1.52. The SMILES string of the molecule is O=C1CCc2c(cc(F)cc2OCC2(O)CCN(c3ccc(Cl)cc3F)CC2)N1. The van der Waals surface area contributed by atoms with Crippen molar-refractivity contribution in [3.8, 4) is 5.75 Å². The third-order valence-electron chi connectivity index (χ3n) is 5.49. The number of amides is 1. The molecular formula is C21H21ClF2N2O3. The monoisotopic (exact) mass is 422 g/mol. The van der Waals surface area contributed by atoms with Crippen LogP contribution in [0.5, 0.6) is 5.75 Å². The molecule has 0 atom stereocenters. The maximum absolute atomic E-state index is 14.1. The highest BCUT2D eigenvalue weighted by atomic mass is 35.5. The van der Waals surface area contributed by atoms with Crippen molar-refractivity contribution in [1.82, 2.24) is 0 Å². The fourth-order valence-corrected chi connectivity index (χ4v) is 3.98. The van der Waals surface area contributed by atoms with Crippen molar-refractivity contribution in [1.29, 1.82) is 0 Å². The minimum absolute atomic E-state index is 0.00617. The predicted octanol–water partition coefficient (Wildman–Crippen LogP) is 3.91. The van der Waals surface area contributed by atoms with Crippen LogP contribution >= 0.6 is 11.6 Å². The summed E-state index contributed by atoms with van der Waals surface area (Å²) in [6.45, 7) is 0.902. The average molecular weight is 423 g/mol. The third-order valence-corrected chi connectivity index (χ3v) is 5.73. The summed E-state index contributed by atoms with van der Waals surface area (Å²) in [7, 11) is 0. The molecule has 0 unspecified atom stereocenters. The van der Waals surface area contributed by atoms with E-state index in [9.17, 15) is 18.7 Å². The van der Waals surface area contributed by atoms with Crippen LogP contribution in [0.1, 0.15) is 24.8 Å². The fourth-order valence-electron chi connectivity index (χ4n) is 3.82. The van der Waals surface area contributed by atoms with E-state index in [1.807, 2.05) is 4.90 Å². The number of nitrogens with one attached hydrogen (secondary N) is 1. The van der Waals surface area contributed by atoms with Crippen LogP contribution in [-0.2, 0) is 11.2 Å². The summed E-state index contributed by atoms with van der Waals surface area (Å²) in [6, 6.07) is 7.08. The molecule has 2 N–H and O–H groups in total. The highest BCUT2D eigenvalue weighted by Gasteiger charge is 2.34. The number of anilines is 2. The van der Waals surface area contributed by atoms with E-state index in [1.54, 1.807) is 12.1 Å². The molecule has 2 aromatic rings. The standard InChI is InChI=1S/C21H21ClF2N2O3/c22-13-1-3-18(16(24)9-13)26-7-5-21(28,6-8-26)12-29-19-11-14(23)10-17-15(19)2-4-20(27)25-17/h1,3,9-11,28H,2,4-8,12H2,(H,25,27). The molecule has 8 heteroatoms. The van der Waals surface area contributed by atoms with Crippen LogP contribution in [0.4, 0.5) is 20.2 Å². The number of ether oxygens (including phenoxy) is 1. The van der Waals surface area contributed by atoms with E-state index in [-0.39, 0.29) is 12.5 Å². The average Bonchev–Trinajstić information content (AvgIpc) is 2.67. The van der Waals surface area contributed by atoms with Crippen LogP contribution in [-0.4, -0.2) is 36.3 Å². The topological polar surface area (TPSA) is 61.8 Å². The van der Waals surface area contributed by atoms with Gasteiger partial charge in [0.05, 0.1) is 11.4 Å². The number of fused-ring (bicyclic) bond motifs is 1. The number of carbonyl (C=O) groups is 1. The van der Waals surface area contributed by atoms with Crippen LogP contribution in [0.25, 0.3) is 0 Å². The van der Waals surface area contributed by atoms with Gasteiger partial charge in [-0.2, -0.15) is 0 Å². The van der Waals surface area contributed by atoms with E-state index >= 15 is 0 Å². The molecule has 154 valence electrons. The predicted molar refractivity (Wildman–Crippen MR) is 107 cm³/mol. The second-order valence-electron chi connectivity index (χ2n) is 7.57. The molecule has 1 fully saturated rings. The van der Waals surface area contributed by atoms with Crippen molar-refractivity contribution in [3.63, 3.8) is 0 Å². The van der Waals surface area contributed by atoms with Crippen molar-refractivity contribution in [3.05, 3.63) is 52.6 Å². The van der Waals surface area contributed by atoms with E-state index in [0.29, 0.717) is 60.9 Å². The number of piperidine rings is 1. The van der Waals surface area contributed by atoms with Crippen LogP contribution in [0.2, 0.25) is 5.02 Å². The molecule has 0 aliphatic carbocycles. The fraction of sp³-hybridized carbons (Fsp3) is 0.381. The molecular weight excluding hydrogens is 402 g/mol. The third kappa shape index (κ3) is 4.31. The van der Waals surface area contributed by atoms with Gasteiger partial charge in [0.25, 0.3) is 0 Å². The molecule has 1 saturated heterocycles. The van der Waals surface area contributed by atoms with Crippen molar-refractivity contribution in [2.45, 2.75) is 31.3 Å². The lowest BCUT2D eigenvalue weighted by Crippen LogP contribution is -2.48. The van der Waals surface area contributed by atoms with Crippen LogP contribution in [0.15, 0.2) is 30.3 Å². The Kier molecular flexibility index (Phi) is 5.36. The second kappa shape index (κ2) is 7.80. The number of halogens is 3. The summed E-state index contributed by atoms with van der Waals surface area (Å²) in [5.41, 5.74) is 0.495. The van der Waals surface area contributed by atoms with Gasteiger partial charge in [-0.15, -0.1) is 0 Å². The van der Waals surface area contributed by atoms with Gasteiger partial charge in [0.2, 0.25) is 5.91 Å². The van der Waals surface area contributed by atoms with E-state index in [0.717, 1.165) is 5.56 Å². The Labute approximate surface area is 172 Å². The zero-order valence-electron chi connectivity index (χ0n) is 15.7. The molecule has 2 aromatic carbocycles. The molecule has 2 heterocycles. The van der Waals surface area contributed by atoms with E-state index in [2.05, 4.69) is 5.32 Å². The zero-order valence-corrected chi connectivity index (χ0v) is 16.4. The first kappa shape index (κ1) is 19.9. The minimum atomic E-state index is -1.10. The number of aliphatic hydroxyl groups is 1. The van der Waals surface area contributed by atoms with Crippen molar-refractivity contribution in [2.75, 3.05) is 29.9 Å². The molecule has 4 rings (SSSR count). The molecule has 2 aliphatic rings. The van der Waals surface area contributed by atoms with Gasteiger partial charge in [-0.05, 0) is 43.5 Å². The van der Waals surface area contributed by atoms with Gasteiger partial charge in [-0.25, -0.2) is 8.78 Å². The number of carbonyl (C=O) groups excluding carboxylic acids is 1. The van der Waals surface area contributed by atoms with Gasteiger partial charge in [0, 0.05) is 36.2 Å². The van der Waals surface area contributed by atoms with Crippen molar-refractivity contribution >= 4 is 28.9 Å². The minimum Gasteiger partial charge on any atom is -0.490 e. The van der Waals surface area contributed by atoms with Crippen LogP contribution in [0.3, 0.4) is 0 Å². The normalized spacial score (nSPS) is 18.2. The first-order valence-corrected chi connectivity index (χ1v) is 9.88. The molecule has 0 aromatic heterocycles. The van der Waals surface area contributed by atoms with Gasteiger partial charge >= 0.3 is 0 Å². The molecule has 0 spiro atoms. The number of nitrogens with zero attached hydrogens (tertiary/aromatic N) is 1. The largest absolute Gasteiger partial charge is 0.490 e. The second-order valence-corrected chi connectivity index (χ2v) is 8.01. The summed E-state index contributed by atoms with van der Waals surface area (Å²) < 4.78 is 33.8. The Balaban J connectivity index is 1.42.